The quantitative estimate of drug-likeness (QED) is 0.0121. The first-order chi connectivity index (χ1) is 26.0. The molecule has 0 aliphatic rings. The summed E-state index contributed by atoms with van der Waals surface area (Å²) in [5, 5.41) is 10.3. The van der Waals surface area contributed by atoms with Crippen molar-refractivity contribution in [2.45, 2.75) is 167 Å². The summed E-state index contributed by atoms with van der Waals surface area (Å²) < 4.78 is 34.5. The van der Waals surface area contributed by atoms with Crippen LogP contribution in [0.3, 0.4) is 0 Å². The number of phosphoric acid groups is 1. The fraction of sp³-hybridized carbons (Fsp3) is 0.750. The highest BCUT2D eigenvalue weighted by atomic mass is 31.2. The lowest BCUT2D eigenvalue weighted by molar-refractivity contribution is -0.870. The molecule has 0 aromatic rings. The molecule has 0 saturated carbocycles. The molecule has 314 valence electrons. The molecule has 54 heavy (non-hydrogen) atoms. The number of nitrogens with zero attached hydrogens (tertiary/aromatic N) is 1. The summed E-state index contributed by atoms with van der Waals surface area (Å²) >= 11 is 0. The Morgan fingerprint density at radius 1 is 0.685 bits per heavy atom. The van der Waals surface area contributed by atoms with Crippen LogP contribution in [0, 0.1) is 0 Å². The predicted octanol–water partition coefficient (Wildman–Crippen LogP) is 11.5. The maximum atomic E-state index is 12.5. The van der Waals surface area contributed by atoms with E-state index in [-0.39, 0.29) is 26.2 Å². The second kappa shape index (κ2) is 36.6. The van der Waals surface area contributed by atoms with Crippen LogP contribution in [0.2, 0.25) is 0 Å². The monoisotopic (exact) mass is 783 g/mol. The lowest BCUT2D eigenvalue weighted by atomic mass is 10.0. The average Bonchev–Trinajstić information content (AvgIpc) is 3.12. The van der Waals surface area contributed by atoms with Gasteiger partial charge in [-0.05, 0) is 57.4 Å². The second-order valence-electron chi connectivity index (χ2n) is 15.3. The highest BCUT2D eigenvalue weighted by molar-refractivity contribution is 7.47. The largest absolute Gasteiger partial charge is 0.492 e. The summed E-state index contributed by atoms with van der Waals surface area (Å²) in [7, 11) is 1.57. The van der Waals surface area contributed by atoms with E-state index in [0.717, 1.165) is 32.1 Å². The number of carbonyl (C=O) groups is 1. The van der Waals surface area contributed by atoms with Gasteiger partial charge in [0, 0.05) is 6.42 Å². The normalized spacial score (nSPS) is 14.9. The standard InChI is InChI=1S/C44H80NO8P/c1-6-8-10-12-14-16-18-20-22-24-26-28-30-32-38-50-43(41-53-54(48,49)52-39-37-45(3,4)5)40-51-44(47)36-33-35-42(46)34-31-29-27-25-23-21-19-17-15-13-11-9-7-2/h15,17,21,23,27,29,31-32,34,38,42-43,46H,6-14,16,18-20,22,24-26,28,30,33,35-37,39-41H2,1-5H3/p+1/b17-15-,23-21-,29-27-,34-31+,38-32+/t42-,43-/m1/s1. The molecule has 2 N–H and O–H groups in total. The fourth-order valence-electron chi connectivity index (χ4n) is 5.34. The molecule has 9 nitrogen and oxygen atoms in total. The molecule has 0 aromatic carbocycles. The van der Waals surface area contributed by atoms with Crippen LogP contribution in [0.15, 0.2) is 60.9 Å². The van der Waals surface area contributed by atoms with Crippen molar-refractivity contribution in [1.29, 1.82) is 0 Å². The predicted molar refractivity (Wildman–Crippen MR) is 225 cm³/mol. The minimum Gasteiger partial charge on any atom is -0.492 e. The van der Waals surface area contributed by atoms with Gasteiger partial charge in [0.25, 0.3) is 0 Å². The summed E-state index contributed by atoms with van der Waals surface area (Å²) in [6.07, 6.45) is 42.4. The van der Waals surface area contributed by atoms with E-state index in [2.05, 4.69) is 38.2 Å². The number of rotatable bonds is 38. The summed E-state index contributed by atoms with van der Waals surface area (Å²) in [5.74, 6) is -0.436. The van der Waals surface area contributed by atoms with E-state index in [1.165, 1.54) is 89.9 Å². The smallest absolute Gasteiger partial charge is 0.472 e. The molecule has 0 radical (unpaired) electrons. The van der Waals surface area contributed by atoms with Crippen LogP contribution in [0.5, 0.6) is 0 Å². The van der Waals surface area contributed by atoms with Gasteiger partial charge in [0.05, 0.1) is 40.1 Å². The van der Waals surface area contributed by atoms with Gasteiger partial charge >= 0.3 is 13.8 Å². The van der Waals surface area contributed by atoms with Crippen LogP contribution in [0.4, 0.5) is 0 Å². The summed E-state index contributed by atoms with van der Waals surface area (Å²) in [6, 6.07) is 0. The van der Waals surface area contributed by atoms with Crippen molar-refractivity contribution in [3.8, 4) is 0 Å². The molecule has 1 unspecified atom stereocenters. The van der Waals surface area contributed by atoms with Gasteiger partial charge < -0.3 is 24.0 Å². The Bertz CT molecular complexity index is 1070. The van der Waals surface area contributed by atoms with Gasteiger partial charge in [-0.2, -0.15) is 0 Å². The number of carbonyl (C=O) groups excluding carboxylic acids is 1. The topological polar surface area (TPSA) is 112 Å². The van der Waals surface area contributed by atoms with E-state index in [1.54, 1.807) is 12.3 Å². The number of ether oxygens (including phenoxy) is 2. The van der Waals surface area contributed by atoms with Gasteiger partial charge in [-0.15, -0.1) is 0 Å². The minimum absolute atomic E-state index is 0.0583. The van der Waals surface area contributed by atoms with Crippen LogP contribution in [-0.2, 0) is 27.9 Å². The zero-order valence-electron chi connectivity index (χ0n) is 35.1. The molecule has 0 spiro atoms. The van der Waals surface area contributed by atoms with Gasteiger partial charge in [-0.3, -0.25) is 13.8 Å². The Labute approximate surface area is 331 Å². The SMILES string of the molecule is CCCCC/C=C\C/C=C\C/C=C\C=C\[C@@H](O)CCCC(=O)OC[C@H](COP(=O)(O)OCC[N+](C)(C)C)O/C=C/CCCCCCCCCCCCCC. The third-order valence-corrected chi connectivity index (χ3v) is 9.76. The number of esters is 1. The molecule has 10 heteroatoms. The van der Waals surface area contributed by atoms with E-state index in [0.29, 0.717) is 23.9 Å². The maximum Gasteiger partial charge on any atom is 0.472 e. The van der Waals surface area contributed by atoms with Gasteiger partial charge in [0.2, 0.25) is 0 Å². The number of hydrogen-bond donors (Lipinski definition) is 2. The van der Waals surface area contributed by atoms with Gasteiger partial charge in [0.15, 0.2) is 6.10 Å². The van der Waals surface area contributed by atoms with Crippen molar-refractivity contribution in [3.05, 3.63) is 60.9 Å². The number of quaternary nitrogens is 1. The van der Waals surface area contributed by atoms with Crippen molar-refractivity contribution in [2.75, 3.05) is 47.5 Å². The third kappa shape index (κ3) is 39.7. The van der Waals surface area contributed by atoms with Crippen molar-refractivity contribution in [2.24, 2.45) is 0 Å². The Hall–Kier alpha value is -2.00. The average molecular weight is 783 g/mol. The molecule has 0 aliphatic heterocycles. The van der Waals surface area contributed by atoms with E-state index < -0.39 is 26.0 Å². The number of likely N-dealkylation sites (N-methyl/N-ethyl adjacent to an activating group) is 1. The molecular weight excluding hydrogens is 701 g/mol. The number of allylic oxidation sites excluding steroid dienone is 8. The van der Waals surface area contributed by atoms with Gasteiger partial charge in [0.1, 0.15) is 19.8 Å². The van der Waals surface area contributed by atoms with Crippen molar-refractivity contribution in [3.63, 3.8) is 0 Å². The molecule has 0 aromatic heterocycles. The number of aliphatic hydroxyl groups excluding tert-OH is 1. The Morgan fingerprint density at radius 3 is 1.89 bits per heavy atom. The first-order valence-electron chi connectivity index (χ1n) is 21.2. The maximum absolute atomic E-state index is 12.5. The Kier molecular flexibility index (Phi) is 35.3. The molecular formula is C44H81NO8P+. The molecule has 3 atom stereocenters. The summed E-state index contributed by atoms with van der Waals surface area (Å²) in [6.45, 7) is 4.64. The van der Waals surface area contributed by atoms with E-state index in [9.17, 15) is 19.4 Å². The summed E-state index contributed by atoms with van der Waals surface area (Å²) in [4.78, 5) is 22.6. The Morgan fingerprint density at radius 2 is 1.24 bits per heavy atom. The van der Waals surface area contributed by atoms with Crippen LogP contribution >= 0.6 is 7.82 Å². The van der Waals surface area contributed by atoms with E-state index >= 15 is 0 Å². The highest BCUT2D eigenvalue weighted by Crippen LogP contribution is 2.43. The van der Waals surface area contributed by atoms with Crippen LogP contribution in [0.25, 0.3) is 0 Å². The van der Waals surface area contributed by atoms with Gasteiger partial charge in [-0.1, -0.05) is 146 Å². The molecule has 0 aliphatic carbocycles. The zero-order valence-corrected chi connectivity index (χ0v) is 35.9. The van der Waals surface area contributed by atoms with Crippen molar-refractivity contribution in [1.82, 2.24) is 0 Å². The third-order valence-electron chi connectivity index (χ3n) is 8.78. The molecule has 0 heterocycles. The van der Waals surface area contributed by atoms with Crippen LogP contribution in [-0.4, -0.2) is 80.2 Å². The van der Waals surface area contributed by atoms with Crippen LogP contribution < -0.4 is 0 Å². The first kappa shape index (κ1) is 52.0. The molecule has 0 fully saturated rings. The van der Waals surface area contributed by atoms with E-state index in [4.69, 9.17) is 18.5 Å². The fourth-order valence-corrected chi connectivity index (χ4v) is 6.09. The highest BCUT2D eigenvalue weighted by Gasteiger charge is 2.25. The second-order valence-corrected chi connectivity index (χ2v) is 16.7. The zero-order chi connectivity index (χ0) is 40.0. The van der Waals surface area contributed by atoms with Crippen molar-refractivity contribution < 1.29 is 42.4 Å². The lowest BCUT2D eigenvalue weighted by Crippen LogP contribution is -2.37. The first-order valence-corrected chi connectivity index (χ1v) is 22.7. The molecule has 0 bridgehead atoms. The Balaban J connectivity index is 4.51. The number of phosphoric ester groups is 1. The van der Waals surface area contributed by atoms with Crippen LogP contribution in [0.1, 0.15) is 155 Å². The molecule has 0 rings (SSSR count). The van der Waals surface area contributed by atoms with E-state index in [1.807, 2.05) is 45.4 Å². The van der Waals surface area contributed by atoms with Gasteiger partial charge in [-0.25, -0.2) is 4.57 Å². The lowest BCUT2D eigenvalue weighted by Gasteiger charge is -2.24. The number of unbranched alkanes of at least 4 members (excludes halogenated alkanes) is 15. The minimum atomic E-state index is -4.31. The number of aliphatic hydroxyl groups is 1. The van der Waals surface area contributed by atoms with Crippen molar-refractivity contribution >= 4 is 13.8 Å². The molecule has 0 saturated heterocycles. The number of hydrogen-bond acceptors (Lipinski definition) is 7. The molecule has 0 amide bonds. The summed E-state index contributed by atoms with van der Waals surface area (Å²) in [5.41, 5.74) is 0.